The first-order valence-electron chi connectivity index (χ1n) is 13.0. The molecular formula is C28H36N4O3. The number of carbonyl (C=O) groups is 2. The summed E-state index contributed by atoms with van der Waals surface area (Å²) in [6.07, 6.45) is 11.5. The van der Waals surface area contributed by atoms with Gasteiger partial charge in [0, 0.05) is 41.5 Å². The molecule has 0 spiro atoms. The Morgan fingerprint density at radius 3 is 2.29 bits per heavy atom. The predicted octanol–water partition coefficient (Wildman–Crippen LogP) is 4.39. The fourth-order valence-corrected chi connectivity index (χ4v) is 6.20. The van der Waals surface area contributed by atoms with Crippen molar-refractivity contribution in [3.05, 3.63) is 53.2 Å². The van der Waals surface area contributed by atoms with Crippen molar-refractivity contribution in [3.8, 4) is 5.75 Å². The fourth-order valence-electron chi connectivity index (χ4n) is 6.20. The van der Waals surface area contributed by atoms with Gasteiger partial charge in [-0.25, -0.2) is 4.98 Å². The Morgan fingerprint density at radius 2 is 1.63 bits per heavy atom. The van der Waals surface area contributed by atoms with Gasteiger partial charge in [-0.15, -0.1) is 0 Å². The molecule has 2 bridgehead atoms. The summed E-state index contributed by atoms with van der Waals surface area (Å²) in [4.78, 5) is 32.7. The summed E-state index contributed by atoms with van der Waals surface area (Å²) >= 11 is 0. The highest BCUT2D eigenvalue weighted by Crippen LogP contribution is 2.38. The molecule has 2 aliphatic heterocycles. The molecule has 3 fully saturated rings. The minimum absolute atomic E-state index is 0.0202. The zero-order valence-electron chi connectivity index (χ0n) is 20.8. The van der Waals surface area contributed by atoms with E-state index in [4.69, 9.17) is 4.74 Å². The van der Waals surface area contributed by atoms with Crippen LogP contribution in [0.25, 0.3) is 0 Å². The molecule has 2 unspecified atom stereocenters. The third-order valence-corrected chi connectivity index (χ3v) is 8.03. The number of benzene rings is 1. The number of methoxy groups -OCH3 is 1. The average Bonchev–Trinajstić information content (AvgIpc) is 3.14. The molecule has 5 rings (SSSR count). The number of ether oxygens (including phenoxy) is 1. The number of carbonyl (C=O) groups excluding carboxylic acids is 2. The maximum absolute atomic E-state index is 13.0. The van der Waals surface area contributed by atoms with Gasteiger partial charge in [-0.1, -0.05) is 25.3 Å². The number of fused-ring (bicyclic) bond motifs is 2. The van der Waals surface area contributed by atoms with Crippen molar-refractivity contribution in [2.75, 3.05) is 12.0 Å². The van der Waals surface area contributed by atoms with Crippen LogP contribution < -0.4 is 20.3 Å². The Balaban J connectivity index is 1.20. The number of amides is 2. The van der Waals surface area contributed by atoms with Gasteiger partial charge in [-0.05, 0) is 69.7 Å². The minimum atomic E-state index is -0.0364. The van der Waals surface area contributed by atoms with E-state index >= 15 is 0 Å². The summed E-state index contributed by atoms with van der Waals surface area (Å²) in [7, 11) is 1.63. The number of hydrogen-bond donors (Lipinski definition) is 2. The van der Waals surface area contributed by atoms with Gasteiger partial charge in [0.05, 0.1) is 12.7 Å². The van der Waals surface area contributed by atoms with Crippen LogP contribution in [-0.4, -0.2) is 48.1 Å². The number of hydrogen-bond acceptors (Lipinski definition) is 5. The van der Waals surface area contributed by atoms with E-state index in [1.165, 1.54) is 19.3 Å². The van der Waals surface area contributed by atoms with Gasteiger partial charge in [0.15, 0.2) is 0 Å². The highest BCUT2D eigenvalue weighted by atomic mass is 16.5. The van der Waals surface area contributed by atoms with Crippen LogP contribution in [0.15, 0.2) is 36.5 Å². The first-order valence-corrected chi connectivity index (χ1v) is 13.0. The van der Waals surface area contributed by atoms with E-state index in [2.05, 4.69) is 20.5 Å². The topological polar surface area (TPSA) is 83.6 Å². The van der Waals surface area contributed by atoms with Crippen molar-refractivity contribution in [2.45, 2.75) is 88.9 Å². The van der Waals surface area contributed by atoms with Crippen LogP contribution in [0.4, 0.5) is 5.82 Å². The van der Waals surface area contributed by atoms with Crippen molar-refractivity contribution < 1.29 is 14.3 Å². The molecule has 1 aliphatic carbocycles. The molecular weight excluding hydrogens is 440 g/mol. The zero-order chi connectivity index (χ0) is 24.4. The molecule has 186 valence electrons. The molecule has 1 aromatic heterocycles. The van der Waals surface area contributed by atoms with Crippen molar-refractivity contribution in [3.63, 3.8) is 0 Å². The van der Waals surface area contributed by atoms with Crippen molar-refractivity contribution in [1.82, 2.24) is 15.6 Å². The molecule has 2 N–H and O–H groups in total. The minimum Gasteiger partial charge on any atom is -0.496 e. The van der Waals surface area contributed by atoms with Crippen LogP contribution >= 0.6 is 0 Å². The second-order valence-corrected chi connectivity index (χ2v) is 10.3. The quantitative estimate of drug-likeness (QED) is 0.646. The first kappa shape index (κ1) is 23.6. The van der Waals surface area contributed by atoms with Crippen LogP contribution in [0.3, 0.4) is 0 Å². The molecule has 2 atom stereocenters. The molecule has 3 aliphatic rings. The molecule has 2 amide bonds. The Kier molecular flexibility index (Phi) is 6.93. The third-order valence-electron chi connectivity index (χ3n) is 8.03. The lowest BCUT2D eigenvalue weighted by molar-refractivity contribution is 0.0918. The Hall–Kier alpha value is -3.09. The van der Waals surface area contributed by atoms with E-state index in [1.54, 1.807) is 13.3 Å². The maximum atomic E-state index is 13.0. The second-order valence-electron chi connectivity index (χ2n) is 10.3. The van der Waals surface area contributed by atoms with Crippen LogP contribution in [0.2, 0.25) is 0 Å². The van der Waals surface area contributed by atoms with Crippen LogP contribution in [-0.2, 0) is 0 Å². The van der Waals surface area contributed by atoms with Crippen LogP contribution in [0.5, 0.6) is 5.75 Å². The van der Waals surface area contributed by atoms with Crippen molar-refractivity contribution in [1.29, 1.82) is 0 Å². The molecule has 2 saturated heterocycles. The molecule has 7 nitrogen and oxygen atoms in total. The number of nitrogens with one attached hydrogen (secondary N) is 2. The normalized spacial score (nSPS) is 24.2. The summed E-state index contributed by atoms with van der Waals surface area (Å²) in [6.45, 7) is 1.92. The molecule has 1 saturated carbocycles. The third kappa shape index (κ3) is 5.00. The number of nitrogens with zero attached hydrogens (tertiary/aromatic N) is 2. The summed E-state index contributed by atoms with van der Waals surface area (Å²) in [5.74, 6) is 1.61. The number of rotatable bonds is 6. The van der Waals surface area contributed by atoms with Gasteiger partial charge >= 0.3 is 0 Å². The molecule has 0 radical (unpaired) electrons. The van der Waals surface area contributed by atoms with Gasteiger partial charge in [0.1, 0.15) is 11.6 Å². The van der Waals surface area contributed by atoms with Gasteiger partial charge in [-0.3, -0.25) is 9.59 Å². The fraction of sp³-hybridized carbons (Fsp3) is 0.536. The number of anilines is 1. The number of pyridine rings is 1. The Bertz CT molecular complexity index is 1050. The van der Waals surface area contributed by atoms with Crippen LogP contribution in [0.1, 0.15) is 84.1 Å². The second kappa shape index (κ2) is 10.3. The molecule has 3 heterocycles. The maximum Gasteiger partial charge on any atom is 0.253 e. The zero-order valence-corrected chi connectivity index (χ0v) is 20.8. The largest absolute Gasteiger partial charge is 0.496 e. The first-order chi connectivity index (χ1) is 17.0. The van der Waals surface area contributed by atoms with Gasteiger partial charge in [0.2, 0.25) is 0 Å². The smallest absolute Gasteiger partial charge is 0.253 e. The molecule has 2 aromatic rings. The van der Waals surface area contributed by atoms with Crippen molar-refractivity contribution >= 4 is 17.6 Å². The lowest BCUT2D eigenvalue weighted by Crippen LogP contribution is -2.50. The summed E-state index contributed by atoms with van der Waals surface area (Å²) in [5, 5.41) is 6.44. The van der Waals surface area contributed by atoms with Gasteiger partial charge in [-0.2, -0.15) is 0 Å². The molecule has 35 heavy (non-hydrogen) atoms. The van der Waals surface area contributed by atoms with E-state index in [0.29, 0.717) is 29.3 Å². The monoisotopic (exact) mass is 476 g/mol. The Morgan fingerprint density at radius 1 is 0.914 bits per heavy atom. The number of aromatic nitrogens is 1. The predicted molar refractivity (Wildman–Crippen MR) is 136 cm³/mol. The SMILES string of the molecule is COc1cccc(C(=O)NC2CC3CCC(C2)N3c2ccc(C(=O)NC3CCCCC3)cn2)c1C. The standard InChI is InChI=1S/C28H36N4O3/c1-18-24(9-6-10-25(18)35-2)28(34)31-21-15-22-12-13-23(16-21)32(22)26-14-11-19(17-29-26)27(33)30-20-7-4-3-5-8-20/h6,9-11,14,17,20-23H,3-5,7-8,12-13,15-16H2,1-2H3,(H,30,33)(H,31,34). The van der Waals surface area contributed by atoms with E-state index < -0.39 is 0 Å². The lowest BCUT2D eigenvalue weighted by atomic mass is 9.95. The van der Waals surface area contributed by atoms with E-state index in [1.807, 2.05) is 37.3 Å². The highest BCUT2D eigenvalue weighted by molar-refractivity contribution is 5.96. The van der Waals surface area contributed by atoms with Crippen molar-refractivity contribution in [2.24, 2.45) is 0 Å². The van der Waals surface area contributed by atoms with E-state index in [9.17, 15) is 9.59 Å². The molecule has 7 heteroatoms. The Labute approximate surface area is 207 Å². The highest BCUT2D eigenvalue weighted by Gasteiger charge is 2.42. The summed E-state index contributed by atoms with van der Waals surface area (Å²) < 4.78 is 5.38. The summed E-state index contributed by atoms with van der Waals surface area (Å²) in [6, 6.07) is 10.6. The molecule has 1 aromatic carbocycles. The lowest BCUT2D eigenvalue weighted by Gasteiger charge is -2.40. The van der Waals surface area contributed by atoms with Crippen LogP contribution in [0, 0.1) is 6.92 Å². The number of piperidine rings is 1. The van der Waals surface area contributed by atoms with Gasteiger partial charge < -0.3 is 20.3 Å². The van der Waals surface area contributed by atoms with Gasteiger partial charge in [0.25, 0.3) is 11.8 Å². The van der Waals surface area contributed by atoms with E-state index in [0.717, 1.165) is 55.7 Å². The average molecular weight is 477 g/mol. The summed E-state index contributed by atoms with van der Waals surface area (Å²) in [5.41, 5.74) is 2.16. The van der Waals surface area contributed by atoms with E-state index in [-0.39, 0.29) is 17.9 Å².